The standard InChI is InChI=1S/C13H22N6/c1-2-18-7-3-4-9(8-18)11-10-5-6-16-12(10)19(17-11)13(14)15/h9,16H,2-8H2,1H3,(H3,14,15). The molecule has 19 heavy (non-hydrogen) atoms. The summed E-state index contributed by atoms with van der Waals surface area (Å²) < 4.78 is 1.56. The number of nitrogens with zero attached hydrogens (tertiary/aromatic N) is 3. The van der Waals surface area contributed by atoms with Crippen molar-refractivity contribution in [1.82, 2.24) is 14.7 Å². The molecule has 3 rings (SSSR count). The van der Waals surface area contributed by atoms with E-state index in [1.54, 1.807) is 4.68 Å². The number of likely N-dealkylation sites (N-methyl/N-ethyl adjacent to an activating group) is 1. The van der Waals surface area contributed by atoms with Crippen LogP contribution in [0.15, 0.2) is 0 Å². The van der Waals surface area contributed by atoms with Crippen molar-refractivity contribution in [2.45, 2.75) is 32.1 Å². The number of likely N-dealkylation sites (tertiary alicyclic amines) is 1. The van der Waals surface area contributed by atoms with E-state index in [4.69, 9.17) is 11.1 Å². The van der Waals surface area contributed by atoms with Crippen molar-refractivity contribution in [3.8, 4) is 0 Å². The van der Waals surface area contributed by atoms with Crippen LogP contribution < -0.4 is 11.1 Å². The summed E-state index contributed by atoms with van der Waals surface area (Å²) in [5, 5.41) is 15.5. The van der Waals surface area contributed by atoms with Crippen molar-refractivity contribution < 1.29 is 0 Å². The zero-order valence-corrected chi connectivity index (χ0v) is 11.4. The lowest BCUT2D eigenvalue weighted by atomic mass is 9.92. The van der Waals surface area contributed by atoms with Crippen LogP contribution in [0, 0.1) is 5.41 Å². The second-order valence-corrected chi connectivity index (χ2v) is 5.42. The Balaban J connectivity index is 1.92. The average molecular weight is 262 g/mol. The van der Waals surface area contributed by atoms with E-state index in [0.717, 1.165) is 37.6 Å². The van der Waals surface area contributed by atoms with E-state index in [1.165, 1.54) is 24.9 Å². The van der Waals surface area contributed by atoms with Crippen molar-refractivity contribution >= 4 is 11.8 Å². The third-order valence-corrected chi connectivity index (χ3v) is 4.25. The highest BCUT2D eigenvalue weighted by molar-refractivity contribution is 5.81. The maximum Gasteiger partial charge on any atom is 0.215 e. The van der Waals surface area contributed by atoms with Crippen LogP contribution in [-0.2, 0) is 6.42 Å². The Hall–Kier alpha value is -1.56. The molecular weight excluding hydrogens is 240 g/mol. The molecule has 0 aromatic carbocycles. The van der Waals surface area contributed by atoms with Crippen molar-refractivity contribution in [2.24, 2.45) is 5.73 Å². The summed E-state index contributed by atoms with van der Waals surface area (Å²) in [7, 11) is 0. The molecule has 1 unspecified atom stereocenters. The molecule has 0 bridgehead atoms. The van der Waals surface area contributed by atoms with E-state index in [1.807, 2.05) is 0 Å². The molecule has 1 fully saturated rings. The van der Waals surface area contributed by atoms with Gasteiger partial charge in [0, 0.05) is 24.6 Å². The fourth-order valence-electron chi connectivity index (χ4n) is 3.27. The van der Waals surface area contributed by atoms with Gasteiger partial charge in [0.2, 0.25) is 5.96 Å². The van der Waals surface area contributed by atoms with Crippen LogP contribution in [0.2, 0.25) is 0 Å². The van der Waals surface area contributed by atoms with Gasteiger partial charge in [-0.25, -0.2) is 0 Å². The van der Waals surface area contributed by atoms with Gasteiger partial charge in [-0.05, 0) is 32.4 Å². The van der Waals surface area contributed by atoms with Crippen LogP contribution >= 0.6 is 0 Å². The third kappa shape index (κ3) is 2.10. The number of piperidine rings is 1. The lowest BCUT2D eigenvalue weighted by Gasteiger charge is -2.31. The Morgan fingerprint density at radius 3 is 3.16 bits per heavy atom. The zero-order chi connectivity index (χ0) is 13.4. The number of aromatic nitrogens is 2. The Morgan fingerprint density at radius 1 is 1.58 bits per heavy atom. The molecule has 3 heterocycles. The highest BCUT2D eigenvalue weighted by Crippen LogP contribution is 2.34. The minimum absolute atomic E-state index is 0.0000529. The maximum absolute atomic E-state index is 7.63. The summed E-state index contributed by atoms with van der Waals surface area (Å²) in [6, 6.07) is 0. The van der Waals surface area contributed by atoms with Crippen molar-refractivity contribution in [2.75, 3.05) is 31.5 Å². The molecular formula is C13H22N6. The quantitative estimate of drug-likeness (QED) is 0.543. The monoisotopic (exact) mass is 262 g/mol. The highest BCUT2D eigenvalue weighted by atomic mass is 15.4. The van der Waals surface area contributed by atoms with E-state index in [9.17, 15) is 0 Å². The van der Waals surface area contributed by atoms with Gasteiger partial charge in [0.05, 0.1) is 5.69 Å². The van der Waals surface area contributed by atoms with E-state index in [2.05, 4.69) is 22.2 Å². The first kappa shape index (κ1) is 12.5. The predicted molar refractivity (Wildman–Crippen MR) is 75.8 cm³/mol. The Morgan fingerprint density at radius 2 is 2.42 bits per heavy atom. The number of hydrogen-bond donors (Lipinski definition) is 3. The number of rotatable bonds is 2. The Labute approximate surface area is 113 Å². The highest BCUT2D eigenvalue weighted by Gasteiger charge is 2.30. The number of nitrogen functional groups attached to an aromatic ring is 1. The number of nitrogens with one attached hydrogen (secondary N) is 2. The van der Waals surface area contributed by atoms with Gasteiger partial charge >= 0.3 is 0 Å². The molecule has 1 atom stereocenters. The first-order valence-corrected chi connectivity index (χ1v) is 7.13. The van der Waals surface area contributed by atoms with Crippen LogP contribution in [0.5, 0.6) is 0 Å². The smallest absolute Gasteiger partial charge is 0.215 e. The topological polar surface area (TPSA) is 83.0 Å². The van der Waals surface area contributed by atoms with Gasteiger partial charge in [0.15, 0.2) is 0 Å². The third-order valence-electron chi connectivity index (χ3n) is 4.25. The SMILES string of the molecule is CCN1CCCC(c2nn(C(=N)N)c3c2CCN3)C1. The van der Waals surface area contributed by atoms with E-state index < -0.39 is 0 Å². The van der Waals surface area contributed by atoms with Gasteiger partial charge in [-0.15, -0.1) is 0 Å². The molecule has 0 radical (unpaired) electrons. The number of hydrogen-bond acceptors (Lipinski definition) is 4. The van der Waals surface area contributed by atoms with Gasteiger partial charge in [-0.2, -0.15) is 9.78 Å². The summed E-state index contributed by atoms with van der Waals surface area (Å²) in [6.07, 6.45) is 3.42. The molecule has 1 aromatic rings. The summed E-state index contributed by atoms with van der Waals surface area (Å²) >= 11 is 0. The molecule has 4 N–H and O–H groups in total. The minimum atomic E-state index is 0.0000529. The van der Waals surface area contributed by atoms with Gasteiger partial charge in [-0.3, -0.25) is 5.41 Å². The van der Waals surface area contributed by atoms with Crippen LogP contribution in [0.3, 0.4) is 0 Å². The largest absolute Gasteiger partial charge is 0.369 e. The molecule has 104 valence electrons. The molecule has 0 saturated carbocycles. The summed E-state index contributed by atoms with van der Waals surface area (Å²) in [4.78, 5) is 2.48. The minimum Gasteiger partial charge on any atom is -0.369 e. The van der Waals surface area contributed by atoms with Crippen molar-refractivity contribution in [1.29, 1.82) is 5.41 Å². The predicted octanol–water partition coefficient (Wildman–Crippen LogP) is 0.792. The summed E-state index contributed by atoms with van der Waals surface area (Å²) in [6.45, 7) is 6.52. The second-order valence-electron chi connectivity index (χ2n) is 5.42. The number of fused-ring (bicyclic) bond motifs is 1. The molecule has 2 aliphatic rings. The van der Waals surface area contributed by atoms with Crippen molar-refractivity contribution in [3.63, 3.8) is 0 Å². The molecule has 2 aliphatic heterocycles. The molecule has 1 saturated heterocycles. The normalized spacial score (nSPS) is 23.1. The number of anilines is 1. The number of nitrogens with two attached hydrogens (primary N) is 1. The fraction of sp³-hybridized carbons (Fsp3) is 0.692. The zero-order valence-electron chi connectivity index (χ0n) is 11.4. The molecule has 0 aliphatic carbocycles. The second kappa shape index (κ2) is 4.85. The van der Waals surface area contributed by atoms with Crippen LogP contribution in [0.1, 0.15) is 36.9 Å². The van der Waals surface area contributed by atoms with Crippen molar-refractivity contribution in [3.05, 3.63) is 11.3 Å². The van der Waals surface area contributed by atoms with Crippen LogP contribution in [0.4, 0.5) is 5.82 Å². The molecule has 6 nitrogen and oxygen atoms in total. The van der Waals surface area contributed by atoms with Gasteiger partial charge < -0.3 is 16.0 Å². The molecule has 1 aromatic heterocycles. The van der Waals surface area contributed by atoms with Gasteiger partial charge in [0.25, 0.3) is 0 Å². The summed E-state index contributed by atoms with van der Waals surface area (Å²) in [5.41, 5.74) is 8.05. The lowest BCUT2D eigenvalue weighted by molar-refractivity contribution is 0.215. The Bertz CT molecular complexity index is 492. The van der Waals surface area contributed by atoms with E-state index in [0.29, 0.717) is 5.92 Å². The molecule has 0 amide bonds. The fourth-order valence-corrected chi connectivity index (χ4v) is 3.27. The molecule has 6 heteroatoms. The maximum atomic E-state index is 7.63. The van der Waals surface area contributed by atoms with Gasteiger partial charge in [-0.1, -0.05) is 6.92 Å². The van der Waals surface area contributed by atoms with Crippen LogP contribution in [0.25, 0.3) is 0 Å². The average Bonchev–Trinajstić information content (AvgIpc) is 2.99. The van der Waals surface area contributed by atoms with E-state index >= 15 is 0 Å². The van der Waals surface area contributed by atoms with E-state index in [-0.39, 0.29) is 5.96 Å². The van der Waals surface area contributed by atoms with Gasteiger partial charge in [0.1, 0.15) is 5.82 Å². The lowest BCUT2D eigenvalue weighted by Crippen LogP contribution is -2.34. The van der Waals surface area contributed by atoms with Crippen LogP contribution in [-0.4, -0.2) is 46.8 Å². The Kier molecular flexibility index (Phi) is 3.18. The first-order valence-electron chi connectivity index (χ1n) is 7.13. The first-order chi connectivity index (χ1) is 9.20. The molecule has 0 spiro atoms. The summed E-state index contributed by atoms with van der Waals surface area (Å²) in [5.74, 6) is 1.43.